The zero-order chi connectivity index (χ0) is 15.4. The summed E-state index contributed by atoms with van der Waals surface area (Å²) in [4.78, 5) is 26.6. The summed E-state index contributed by atoms with van der Waals surface area (Å²) < 4.78 is 4.94. The maximum absolute atomic E-state index is 12.7. The van der Waals surface area contributed by atoms with Crippen molar-refractivity contribution < 1.29 is 19.1 Å². The number of carbonyl (C=O) groups is 2. The zero-order valence-electron chi connectivity index (χ0n) is 11.4. The van der Waals surface area contributed by atoms with Crippen LogP contribution in [0.15, 0.2) is 50.6 Å². The number of fused-ring (bicyclic) bond motifs is 2. The van der Waals surface area contributed by atoms with Gasteiger partial charge in [-0.15, -0.1) is 10.2 Å². The van der Waals surface area contributed by atoms with Gasteiger partial charge in [0.15, 0.2) is 0 Å². The van der Waals surface area contributed by atoms with Gasteiger partial charge in [0.05, 0.1) is 11.3 Å². The zero-order valence-corrected chi connectivity index (χ0v) is 11.4. The van der Waals surface area contributed by atoms with Gasteiger partial charge < -0.3 is 14.4 Å². The Labute approximate surface area is 124 Å². The molecule has 2 aromatic rings. The van der Waals surface area contributed by atoms with Gasteiger partial charge in [0.1, 0.15) is 11.3 Å². The Kier molecular flexibility index (Phi) is 2.35. The lowest BCUT2D eigenvalue weighted by atomic mass is 9.93. The molecule has 0 atom stereocenters. The van der Waals surface area contributed by atoms with E-state index in [9.17, 15) is 14.7 Å². The molecular weight excluding hydrogens is 286 g/mol. The highest BCUT2D eigenvalue weighted by molar-refractivity contribution is 6.37. The number of hydrogen-bond acceptors (Lipinski definition) is 6. The first-order valence-electron chi connectivity index (χ1n) is 6.49. The molecule has 0 saturated carbocycles. The molecule has 2 aliphatic heterocycles. The minimum atomic E-state index is -0.466. The second kappa shape index (κ2) is 4.14. The monoisotopic (exact) mass is 295 g/mol. The van der Waals surface area contributed by atoms with Gasteiger partial charge in [0, 0.05) is 18.7 Å². The molecule has 7 nitrogen and oxygen atoms in total. The number of nitrogens with zero attached hydrogens (tertiary/aromatic N) is 3. The van der Waals surface area contributed by atoms with Crippen LogP contribution < -0.4 is 4.90 Å². The van der Waals surface area contributed by atoms with Gasteiger partial charge >= 0.3 is 0 Å². The van der Waals surface area contributed by atoms with Crippen LogP contribution in [0.4, 0.5) is 11.6 Å². The van der Waals surface area contributed by atoms with E-state index in [-0.39, 0.29) is 23.1 Å². The van der Waals surface area contributed by atoms with Crippen molar-refractivity contribution in [3.63, 3.8) is 0 Å². The molecule has 0 spiro atoms. The van der Waals surface area contributed by atoms with Crippen molar-refractivity contribution in [2.24, 2.45) is 10.2 Å². The van der Waals surface area contributed by atoms with Crippen molar-refractivity contribution in [2.75, 3.05) is 11.9 Å². The highest BCUT2D eigenvalue weighted by atomic mass is 16.5. The number of azo groups is 1. The van der Waals surface area contributed by atoms with Crippen LogP contribution in [-0.2, 0) is 4.79 Å². The number of amides is 1. The Morgan fingerprint density at radius 1 is 1.14 bits per heavy atom. The van der Waals surface area contributed by atoms with Gasteiger partial charge in [-0.1, -0.05) is 12.1 Å². The quantitative estimate of drug-likeness (QED) is 0.597. The summed E-state index contributed by atoms with van der Waals surface area (Å²) in [5.74, 6) is -1.14. The number of para-hydroxylation sites is 1. The third kappa shape index (κ3) is 1.50. The molecule has 0 bridgehead atoms. The number of hydrogen-bond donors (Lipinski definition) is 1. The first-order chi connectivity index (χ1) is 10.6. The average Bonchev–Trinajstić information content (AvgIpc) is 3.05. The number of carbonyl (C=O) groups excluding carboxylic acids is 2. The molecule has 0 radical (unpaired) electrons. The molecule has 1 amide bonds. The topological polar surface area (TPSA) is 95.5 Å². The summed E-state index contributed by atoms with van der Waals surface area (Å²) in [7, 11) is 1.59. The molecule has 1 aromatic carbocycles. The summed E-state index contributed by atoms with van der Waals surface area (Å²) in [5, 5.41) is 17.0. The summed E-state index contributed by atoms with van der Waals surface area (Å²) in [5.41, 5.74) is 1.34. The van der Waals surface area contributed by atoms with Gasteiger partial charge in [0.25, 0.3) is 17.7 Å². The highest BCUT2D eigenvalue weighted by Crippen LogP contribution is 2.43. The second-order valence-corrected chi connectivity index (χ2v) is 4.94. The van der Waals surface area contributed by atoms with Crippen LogP contribution in [0, 0.1) is 0 Å². The lowest BCUT2D eigenvalue weighted by Crippen LogP contribution is -2.37. The molecule has 1 aromatic heterocycles. The molecule has 0 saturated heterocycles. The van der Waals surface area contributed by atoms with Crippen molar-refractivity contribution in [3.05, 3.63) is 47.0 Å². The van der Waals surface area contributed by atoms with Gasteiger partial charge in [0.2, 0.25) is 5.78 Å². The van der Waals surface area contributed by atoms with Gasteiger partial charge in [-0.05, 0) is 12.1 Å². The van der Waals surface area contributed by atoms with Crippen LogP contribution in [0.25, 0.3) is 5.70 Å². The Balaban J connectivity index is 1.98. The van der Waals surface area contributed by atoms with Crippen molar-refractivity contribution in [1.29, 1.82) is 0 Å². The maximum Gasteiger partial charge on any atom is 0.284 e. The molecule has 7 heteroatoms. The van der Waals surface area contributed by atoms with Crippen LogP contribution in [-0.4, -0.2) is 23.8 Å². The van der Waals surface area contributed by atoms with Crippen molar-refractivity contribution in [2.45, 2.75) is 0 Å². The number of furan rings is 1. The summed E-state index contributed by atoms with van der Waals surface area (Å²) in [6, 6.07) is 8.14. The summed E-state index contributed by atoms with van der Waals surface area (Å²) >= 11 is 0. The van der Waals surface area contributed by atoms with E-state index in [0.29, 0.717) is 16.8 Å². The number of benzene rings is 1. The number of ketones is 1. The van der Waals surface area contributed by atoms with Gasteiger partial charge in [-0.2, -0.15) is 0 Å². The van der Waals surface area contributed by atoms with E-state index in [1.54, 1.807) is 31.3 Å². The normalized spacial score (nSPS) is 19.6. The van der Waals surface area contributed by atoms with Gasteiger partial charge in [-0.25, -0.2) is 0 Å². The number of Topliss-reactive ketones (excluding diaryl/α,β-unsaturated/α-hetero) is 1. The van der Waals surface area contributed by atoms with E-state index in [2.05, 4.69) is 10.2 Å². The Hall–Kier alpha value is -3.22. The van der Waals surface area contributed by atoms with Crippen LogP contribution in [0.3, 0.4) is 0 Å². The van der Waals surface area contributed by atoms with Gasteiger partial charge in [-0.3, -0.25) is 9.59 Å². The largest absolute Gasteiger partial charge is 0.481 e. The molecule has 22 heavy (non-hydrogen) atoms. The molecule has 108 valence electrons. The molecule has 0 aliphatic carbocycles. The second-order valence-electron chi connectivity index (χ2n) is 4.94. The molecule has 2 aliphatic rings. The smallest absolute Gasteiger partial charge is 0.284 e. The Morgan fingerprint density at radius 3 is 2.73 bits per heavy atom. The third-order valence-electron chi connectivity index (χ3n) is 3.69. The molecule has 0 fully saturated rings. The molecule has 4 rings (SSSR count). The lowest BCUT2D eigenvalue weighted by Gasteiger charge is -2.26. The summed E-state index contributed by atoms with van der Waals surface area (Å²) in [6.07, 6.45) is 0. The lowest BCUT2D eigenvalue weighted by molar-refractivity contribution is -0.114. The minimum absolute atomic E-state index is 0.0792. The molecule has 1 N–H and O–H groups in total. The van der Waals surface area contributed by atoms with E-state index in [1.165, 1.54) is 11.0 Å². The SMILES string of the molecule is CN1C(=O)/C(=C2/N=Nc3oc(O)cc32)C(=O)c2ccccc21. The van der Waals surface area contributed by atoms with Crippen molar-refractivity contribution >= 4 is 29.0 Å². The van der Waals surface area contributed by atoms with Crippen molar-refractivity contribution in [3.8, 4) is 5.95 Å². The molecule has 0 unspecified atom stereocenters. The van der Waals surface area contributed by atoms with Crippen LogP contribution in [0.2, 0.25) is 0 Å². The van der Waals surface area contributed by atoms with E-state index >= 15 is 0 Å². The number of rotatable bonds is 0. The Bertz CT molecular complexity index is 907. The fourth-order valence-electron chi connectivity index (χ4n) is 2.62. The highest BCUT2D eigenvalue weighted by Gasteiger charge is 2.38. The van der Waals surface area contributed by atoms with Crippen LogP contribution in [0.5, 0.6) is 5.95 Å². The first-order valence-corrected chi connectivity index (χ1v) is 6.49. The number of aromatic hydroxyl groups is 1. The number of likely N-dealkylation sites (N-methyl/N-ethyl adjacent to an activating group) is 1. The predicted octanol–water partition coefficient (Wildman–Crippen LogP) is 2.65. The fraction of sp³-hybridized carbons (Fsp3) is 0.0667. The van der Waals surface area contributed by atoms with E-state index in [0.717, 1.165) is 0 Å². The predicted molar refractivity (Wildman–Crippen MR) is 76.0 cm³/mol. The van der Waals surface area contributed by atoms with E-state index < -0.39 is 11.7 Å². The standard InChI is InChI=1S/C15H9N3O4/c1-18-9-5-3-2-4-7(9)13(20)11(15(18)21)12-8-6-10(19)22-14(8)17-16-12/h2-6,19H,1H3/b12-11+. The third-order valence-corrected chi connectivity index (χ3v) is 3.69. The van der Waals surface area contributed by atoms with E-state index in [4.69, 9.17) is 4.42 Å². The summed E-state index contributed by atoms with van der Waals surface area (Å²) in [6.45, 7) is 0. The average molecular weight is 295 g/mol. The molecule has 3 heterocycles. The fourth-order valence-corrected chi connectivity index (χ4v) is 2.62. The maximum atomic E-state index is 12.7. The van der Waals surface area contributed by atoms with E-state index in [1.807, 2.05) is 0 Å². The first kappa shape index (κ1) is 12.5. The van der Waals surface area contributed by atoms with Crippen molar-refractivity contribution in [1.82, 2.24) is 0 Å². The van der Waals surface area contributed by atoms with Crippen LogP contribution >= 0.6 is 0 Å². The molecular formula is C15H9N3O4. The Morgan fingerprint density at radius 2 is 1.91 bits per heavy atom. The minimum Gasteiger partial charge on any atom is -0.481 e. The number of anilines is 1. The van der Waals surface area contributed by atoms with Crippen LogP contribution in [0.1, 0.15) is 15.9 Å².